The van der Waals surface area contributed by atoms with E-state index in [0.29, 0.717) is 21.1 Å². The third kappa shape index (κ3) is 5.82. The Morgan fingerprint density at radius 2 is 1.59 bits per heavy atom. The zero-order valence-electron chi connectivity index (χ0n) is 24.3. The molecule has 1 saturated heterocycles. The molecule has 1 N–H and O–H groups in total. The lowest BCUT2D eigenvalue weighted by Gasteiger charge is -2.32. The first kappa shape index (κ1) is 29.0. The highest BCUT2D eigenvalue weighted by atomic mass is 32.1. The van der Waals surface area contributed by atoms with Crippen LogP contribution in [-0.2, 0) is 18.8 Å². The van der Waals surface area contributed by atoms with Crippen molar-refractivity contribution in [2.45, 2.75) is 58.7 Å². The molecule has 1 aromatic heterocycles. The molecular formula is C31H35BN2O6S. The molecule has 10 heteroatoms. The largest absolute Gasteiger partial charge is 0.492 e. The van der Waals surface area contributed by atoms with Crippen molar-refractivity contribution in [3.05, 3.63) is 80.7 Å². The number of aromatic nitrogens is 1. The van der Waals surface area contributed by atoms with Crippen molar-refractivity contribution in [2.24, 2.45) is 0 Å². The van der Waals surface area contributed by atoms with Gasteiger partial charge in [0.05, 0.1) is 23.5 Å². The summed E-state index contributed by atoms with van der Waals surface area (Å²) in [5.41, 5.74) is 4.73. The standard InChI is InChI=1S/C31H35BN2O6S/c1-7-37-28(35)27-19(2)34-26(41-27)16-20(32-39-30(3,4)31(5,6)40-32)17-33-29(36)38-18-25-23-14-10-8-12-21(23)22-13-9-11-15-24(22)25/h8-16,25H,7,17-18H2,1-6H3,(H,33,36). The molecule has 1 fully saturated rings. The molecule has 1 aliphatic heterocycles. The Balaban J connectivity index is 1.32. The van der Waals surface area contributed by atoms with Gasteiger partial charge in [-0.2, -0.15) is 0 Å². The number of nitrogens with zero attached hydrogens (tertiary/aromatic N) is 1. The van der Waals surface area contributed by atoms with Gasteiger partial charge in [-0.3, -0.25) is 0 Å². The molecule has 1 aliphatic carbocycles. The van der Waals surface area contributed by atoms with E-state index in [4.69, 9.17) is 18.8 Å². The Hall–Kier alpha value is -3.47. The molecule has 0 unspecified atom stereocenters. The second-order valence-corrected chi connectivity index (χ2v) is 12.2. The molecule has 0 spiro atoms. The van der Waals surface area contributed by atoms with Gasteiger partial charge in [-0.05, 0) is 75.3 Å². The number of nitrogens with one attached hydrogen (secondary N) is 1. The highest BCUT2D eigenvalue weighted by Crippen LogP contribution is 2.44. The van der Waals surface area contributed by atoms with E-state index in [1.54, 1.807) is 19.9 Å². The van der Waals surface area contributed by atoms with Gasteiger partial charge in [-0.1, -0.05) is 48.5 Å². The summed E-state index contributed by atoms with van der Waals surface area (Å²) in [7, 11) is -0.718. The van der Waals surface area contributed by atoms with Crippen LogP contribution in [0.3, 0.4) is 0 Å². The Morgan fingerprint density at radius 1 is 1.00 bits per heavy atom. The number of thiazole rings is 1. The summed E-state index contributed by atoms with van der Waals surface area (Å²) in [6, 6.07) is 16.4. The SMILES string of the molecule is CCOC(=O)c1sc(C=C(CNC(=O)OCC2c3ccccc3-c3ccccc32)B2OC(C)(C)C(C)(C)O2)nc1C. The molecule has 5 rings (SSSR count). The zero-order valence-corrected chi connectivity index (χ0v) is 25.1. The fourth-order valence-corrected chi connectivity index (χ4v) is 5.98. The summed E-state index contributed by atoms with van der Waals surface area (Å²) in [5, 5.41) is 3.45. The van der Waals surface area contributed by atoms with Gasteiger partial charge in [-0.25, -0.2) is 14.6 Å². The van der Waals surface area contributed by atoms with E-state index < -0.39 is 30.4 Å². The minimum absolute atomic E-state index is 0.0362. The van der Waals surface area contributed by atoms with Crippen LogP contribution in [0.25, 0.3) is 17.2 Å². The smallest absolute Gasteiger partial charge is 0.462 e. The number of ether oxygens (including phenoxy) is 2. The Labute approximate surface area is 245 Å². The number of benzene rings is 2. The first-order valence-corrected chi connectivity index (χ1v) is 14.6. The molecular weight excluding hydrogens is 539 g/mol. The highest BCUT2D eigenvalue weighted by molar-refractivity contribution is 7.14. The molecule has 3 aromatic rings. The number of carbonyl (C=O) groups is 2. The normalized spacial score (nSPS) is 17.2. The third-order valence-electron chi connectivity index (χ3n) is 7.92. The van der Waals surface area contributed by atoms with Crippen LogP contribution in [0, 0.1) is 6.92 Å². The van der Waals surface area contributed by atoms with Crippen LogP contribution >= 0.6 is 11.3 Å². The average molecular weight is 575 g/mol. The summed E-state index contributed by atoms with van der Waals surface area (Å²) in [6.07, 6.45) is 1.25. The number of aryl methyl sites for hydroxylation is 1. The second kappa shape index (κ2) is 11.4. The van der Waals surface area contributed by atoms with Gasteiger partial charge in [-0.15, -0.1) is 11.3 Å². The number of amides is 1. The Bertz CT molecular complexity index is 1440. The Kier molecular flexibility index (Phi) is 8.10. The second-order valence-electron chi connectivity index (χ2n) is 11.2. The lowest BCUT2D eigenvalue weighted by Crippen LogP contribution is -2.41. The minimum Gasteiger partial charge on any atom is -0.462 e. The van der Waals surface area contributed by atoms with Crippen molar-refractivity contribution in [3.8, 4) is 11.1 Å². The van der Waals surface area contributed by atoms with Crippen molar-refractivity contribution in [1.82, 2.24) is 10.3 Å². The van der Waals surface area contributed by atoms with E-state index in [1.165, 1.54) is 22.5 Å². The monoisotopic (exact) mass is 574 g/mol. The van der Waals surface area contributed by atoms with Gasteiger partial charge in [0, 0.05) is 12.5 Å². The topological polar surface area (TPSA) is 96.0 Å². The van der Waals surface area contributed by atoms with Crippen molar-refractivity contribution >= 4 is 36.6 Å². The van der Waals surface area contributed by atoms with Gasteiger partial charge in [0.2, 0.25) is 0 Å². The van der Waals surface area contributed by atoms with Gasteiger partial charge in [0.1, 0.15) is 16.5 Å². The molecule has 41 heavy (non-hydrogen) atoms. The lowest BCUT2D eigenvalue weighted by atomic mass is 9.77. The van der Waals surface area contributed by atoms with Crippen LogP contribution in [0.2, 0.25) is 0 Å². The molecule has 1 amide bonds. The quantitative estimate of drug-likeness (QED) is 0.254. The molecule has 0 atom stereocenters. The summed E-state index contributed by atoms with van der Waals surface area (Å²) in [5.74, 6) is -0.443. The van der Waals surface area contributed by atoms with E-state index in [0.717, 1.165) is 11.1 Å². The van der Waals surface area contributed by atoms with Crippen molar-refractivity contribution < 1.29 is 28.4 Å². The van der Waals surface area contributed by atoms with Crippen molar-refractivity contribution in [3.63, 3.8) is 0 Å². The minimum atomic E-state index is -0.718. The van der Waals surface area contributed by atoms with Crippen LogP contribution in [0.5, 0.6) is 0 Å². The fraction of sp³-hybridized carbons (Fsp3) is 0.387. The average Bonchev–Trinajstić information content (AvgIpc) is 3.53. The predicted octanol–water partition coefficient (Wildman–Crippen LogP) is 6.18. The number of carbonyl (C=O) groups excluding carboxylic acids is 2. The maximum absolute atomic E-state index is 13.0. The highest BCUT2D eigenvalue weighted by Gasteiger charge is 2.52. The molecule has 2 aliphatic rings. The molecule has 2 aromatic carbocycles. The number of alkyl carbamates (subject to hydrolysis) is 1. The van der Waals surface area contributed by atoms with Crippen LogP contribution < -0.4 is 5.32 Å². The molecule has 0 bridgehead atoms. The summed E-state index contributed by atoms with van der Waals surface area (Å²) in [4.78, 5) is 30.3. The van der Waals surface area contributed by atoms with E-state index in [9.17, 15) is 9.59 Å². The lowest BCUT2D eigenvalue weighted by molar-refractivity contribution is 0.00578. The summed E-state index contributed by atoms with van der Waals surface area (Å²) >= 11 is 1.23. The summed E-state index contributed by atoms with van der Waals surface area (Å²) in [6.45, 7) is 12.0. The Morgan fingerprint density at radius 3 is 2.17 bits per heavy atom. The maximum atomic E-state index is 13.0. The molecule has 214 valence electrons. The summed E-state index contributed by atoms with van der Waals surface area (Å²) < 4.78 is 23.4. The number of rotatable bonds is 8. The van der Waals surface area contributed by atoms with Gasteiger partial charge >= 0.3 is 19.2 Å². The fourth-order valence-electron chi connectivity index (χ4n) is 5.04. The number of hydrogen-bond donors (Lipinski definition) is 1. The van der Waals surface area contributed by atoms with E-state index in [1.807, 2.05) is 52.0 Å². The molecule has 8 nitrogen and oxygen atoms in total. The van der Waals surface area contributed by atoms with Crippen molar-refractivity contribution in [2.75, 3.05) is 19.8 Å². The number of hydrogen-bond acceptors (Lipinski definition) is 8. The molecule has 0 radical (unpaired) electrons. The van der Waals surface area contributed by atoms with Gasteiger partial charge < -0.3 is 24.1 Å². The maximum Gasteiger partial charge on any atom is 0.492 e. The number of fused-ring (bicyclic) bond motifs is 3. The predicted molar refractivity (Wildman–Crippen MR) is 160 cm³/mol. The van der Waals surface area contributed by atoms with Gasteiger partial charge in [0.25, 0.3) is 0 Å². The van der Waals surface area contributed by atoms with E-state index >= 15 is 0 Å². The molecule has 2 heterocycles. The van der Waals surface area contributed by atoms with Crippen LogP contribution in [-0.4, -0.2) is 55.1 Å². The van der Waals surface area contributed by atoms with Crippen LogP contribution in [0.4, 0.5) is 4.79 Å². The van der Waals surface area contributed by atoms with Crippen LogP contribution in [0.1, 0.15) is 72.0 Å². The van der Waals surface area contributed by atoms with E-state index in [2.05, 4.69) is 34.6 Å². The van der Waals surface area contributed by atoms with Gasteiger partial charge in [0.15, 0.2) is 0 Å². The first-order valence-electron chi connectivity index (χ1n) is 13.8. The molecule has 0 saturated carbocycles. The van der Waals surface area contributed by atoms with Crippen LogP contribution in [0.15, 0.2) is 54.0 Å². The first-order chi connectivity index (χ1) is 19.5. The number of esters is 1. The van der Waals surface area contributed by atoms with Crippen molar-refractivity contribution in [1.29, 1.82) is 0 Å². The van der Waals surface area contributed by atoms with E-state index in [-0.39, 0.29) is 25.7 Å². The third-order valence-corrected chi connectivity index (χ3v) is 9.00. The zero-order chi connectivity index (χ0) is 29.4.